The van der Waals surface area contributed by atoms with Crippen LogP contribution in [0, 0.1) is 37.4 Å². The van der Waals surface area contributed by atoms with E-state index < -0.39 is 17.4 Å². The number of rotatable bonds is 3. The zero-order valence-corrected chi connectivity index (χ0v) is 18.6. The normalized spacial score (nSPS) is 28.6. The lowest BCUT2D eigenvalue weighted by molar-refractivity contribution is -0.738. The number of carbonyl (C=O) groups is 3. The molecular formula is C25H27FN3O3+. The van der Waals surface area contributed by atoms with Crippen molar-refractivity contribution in [1.82, 2.24) is 4.90 Å². The Morgan fingerprint density at radius 1 is 1.06 bits per heavy atom. The van der Waals surface area contributed by atoms with Gasteiger partial charge in [0.15, 0.2) is 0 Å². The second-order valence-corrected chi connectivity index (χ2v) is 9.63. The van der Waals surface area contributed by atoms with Gasteiger partial charge < -0.3 is 10.6 Å². The third-order valence-electron chi connectivity index (χ3n) is 7.62. The van der Waals surface area contributed by atoms with Crippen LogP contribution in [0.2, 0.25) is 0 Å². The van der Waals surface area contributed by atoms with Gasteiger partial charge in [0.1, 0.15) is 23.7 Å². The maximum atomic E-state index is 13.7. The van der Waals surface area contributed by atoms with Crippen molar-refractivity contribution in [3.8, 4) is 0 Å². The Kier molecular flexibility index (Phi) is 4.53. The van der Waals surface area contributed by atoms with Crippen LogP contribution in [0.15, 0.2) is 36.4 Å². The molecule has 2 saturated heterocycles. The van der Waals surface area contributed by atoms with Crippen molar-refractivity contribution in [3.63, 3.8) is 0 Å². The lowest BCUT2D eigenvalue weighted by Gasteiger charge is -2.27. The molecule has 166 valence electrons. The maximum Gasteiger partial charge on any atom is 0.291 e. The van der Waals surface area contributed by atoms with E-state index in [4.69, 9.17) is 0 Å². The van der Waals surface area contributed by atoms with E-state index in [0.29, 0.717) is 5.56 Å². The number of likely N-dealkylation sites (tertiary alicyclic amines) is 1. The van der Waals surface area contributed by atoms with Gasteiger partial charge in [-0.1, -0.05) is 32.0 Å². The summed E-state index contributed by atoms with van der Waals surface area (Å²) in [5.74, 6) is -2.45. The molecule has 6 nitrogen and oxygen atoms in total. The highest BCUT2D eigenvalue weighted by atomic mass is 19.1. The predicted octanol–water partition coefficient (Wildman–Crippen LogP) is 1.99. The zero-order chi connectivity index (χ0) is 22.9. The number of nitrogens with one attached hydrogen (secondary N) is 1. The number of amides is 3. The van der Waals surface area contributed by atoms with Crippen LogP contribution in [-0.4, -0.2) is 28.7 Å². The van der Waals surface area contributed by atoms with Gasteiger partial charge in [-0.25, -0.2) is 4.39 Å². The molecule has 0 bridgehead atoms. The molecule has 3 heterocycles. The lowest BCUT2D eigenvalue weighted by atomic mass is 9.75. The molecular weight excluding hydrogens is 409 g/mol. The number of anilines is 1. The summed E-state index contributed by atoms with van der Waals surface area (Å²) in [6.07, 6.45) is 0. The molecule has 0 unspecified atom stereocenters. The number of quaternary nitrogens is 1. The summed E-state index contributed by atoms with van der Waals surface area (Å²) >= 11 is 0. The quantitative estimate of drug-likeness (QED) is 0.722. The zero-order valence-electron chi connectivity index (χ0n) is 18.6. The fraction of sp³-hybridized carbons (Fsp3) is 0.400. The second-order valence-electron chi connectivity index (χ2n) is 9.63. The van der Waals surface area contributed by atoms with E-state index in [0.717, 1.165) is 22.4 Å². The van der Waals surface area contributed by atoms with E-state index in [9.17, 15) is 18.8 Å². The number of nitrogens with zero attached hydrogens (tertiary/aromatic N) is 1. The molecule has 3 amide bonds. The topological polar surface area (TPSA) is 83.1 Å². The first-order chi connectivity index (χ1) is 15.2. The summed E-state index contributed by atoms with van der Waals surface area (Å²) in [4.78, 5) is 42.1. The Morgan fingerprint density at radius 3 is 2.41 bits per heavy atom. The van der Waals surface area contributed by atoms with Crippen molar-refractivity contribution < 1.29 is 24.1 Å². The Morgan fingerprint density at radius 2 is 1.75 bits per heavy atom. The average molecular weight is 437 g/mol. The largest absolute Gasteiger partial charge is 0.326 e. The molecule has 7 heteroatoms. The minimum atomic E-state index is -1.16. The van der Waals surface area contributed by atoms with Crippen LogP contribution in [-0.2, 0) is 26.5 Å². The minimum Gasteiger partial charge on any atom is -0.326 e. The predicted molar refractivity (Wildman–Crippen MR) is 116 cm³/mol. The van der Waals surface area contributed by atoms with Gasteiger partial charge in [-0.15, -0.1) is 0 Å². The van der Waals surface area contributed by atoms with Crippen LogP contribution in [0.5, 0.6) is 0 Å². The van der Waals surface area contributed by atoms with Crippen molar-refractivity contribution in [2.75, 3.05) is 5.32 Å². The Labute approximate surface area is 186 Å². The van der Waals surface area contributed by atoms with E-state index in [2.05, 4.69) is 5.32 Å². The Bertz CT molecular complexity index is 1160. The van der Waals surface area contributed by atoms with Crippen molar-refractivity contribution >= 4 is 23.4 Å². The smallest absolute Gasteiger partial charge is 0.291 e. The summed E-state index contributed by atoms with van der Waals surface area (Å²) in [6.45, 7) is 8.06. The van der Waals surface area contributed by atoms with Gasteiger partial charge in [0.2, 0.25) is 17.4 Å². The van der Waals surface area contributed by atoms with Gasteiger partial charge in [0.05, 0.1) is 12.2 Å². The lowest BCUT2D eigenvalue weighted by Crippen LogP contribution is -2.99. The third kappa shape index (κ3) is 2.64. The molecule has 32 heavy (non-hydrogen) atoms. The summed E-state index contributed by atoms with van der Waals surface area (Å²) in [5.41, 5.74) is 3.10. The number of benzene rings is 2. The highest BCUT2D eigenvalue weighted by molar-refractivity contribution is 6.14. The highest BCUT2D eigenvalue weighted by Gasteiger charge is 2.74. The number of imide groups is 1. The van der Waals surface area contributed by atoms with Gasteiger partial charge >= 0.3 is 0 Å². The van der Waals surface area contributed by atoms with E-state index in [1.165, 1.54) is 17.0 Å². The second kappa shape index (κ2) is 6.97. The molecule has 5 rings (SSSR count). The van der Waals surface area contributed by atoms with Gasteiger partial charge in [-0.2, -0.15) is 0 Å². The Hall–Kier alpha value is -3.06. The van der Waals surface area contributed by atoms with Crippen molar-refractivity contribution in [2.45, 2.75) is 45.8 Å². The van der Waals surface area contributed by atoms with Crippen molar-refractivity contribution in [1.29, 1.82) is 0 Å². The van der Waals surface area contributed by atoms with Crippen molar-refractivity contribution in [3.05, 3.63) is 64.5 Å². The summed E-state index contributed by atoms with van der Waals surface area (Å²) in [5, 5.41) is 4.99. The van der Waals surface area contributed by atoms with Crippen LogP contribution < -0.4 is 10.6 Å². The van der Waals surface area contributed by atoms with Crippen LogP contribution in [0.4, 0.5) is 10.1 Å². The van der Waals surface area contributed by atoms with Crippen LogP contribution >= 0.6 is 0 Å². The monoisotopic (exact) mass is 436 g/mol. The molecule has 0 saturated carbocycles. The number of hydrogen-bond acceptors (Lipinski definition) is 3. The van der Waals surface area contributed by atoms with E-state index >= 15 is 0 Å². The SMILES string of the molecule is Cc1ccc2c(c1C)NC(=O)[C@]21[NH2+][C@@H](C(C)C)[C@H]2C(=O)N(Cc3ccc(F)cc3)C(=O)[C@H]21. The van der Waals surface area contributed by atoms with Crippen LogP contribution in [0.1, 0.15) is 36.1 Å². The molecule has 4 atom stereocenters. The number of aryl methyl sites for hydroxylation is 1. The average Bonchev–Trinajstić information content (AvgIpc) is 3.34. The molecule has 3 aliphatic heterocycles. The van der Waals surface area contributed by atoms with Crippen molar-refractivity contribution in [2.24, 2.45) is 17.8 Å². The first-order valence-electron chi connectivity index (χ1n) is 11.0. The fourth-order valence-electron chi connectivity index (χ4n) is 5.80. The molecule has 0 aliphatic carbocycles. The summed E-state index contributed by atoms with van der Waals surface area (Å²) in [6, 6.07) is 9.49. The molecule has 2 fully saturated rings. The number of carbonyl (C=O) groups excluding carboxylic acids is 3. The molecule has 0 aromatic heterocycles. The summed E-state index contributed by atoms with van der Waals surface area (Å²) < 4.78 is 13.3. The number of fused-ring (bicyclic) bond motifs is 4. The molecule has 2 aromatic carbocycles. The van der Waals surface area contributed by atoms with Gasteiger partial charge in [-0.3, -0.25) is 19.3 Å². The minimum absolute atomic E-state index is 0.0766. The number of nitrogens with two attached hydrogens (primary N) is 1. The summed E-state index contributed by atoms with van der Waals surface area (Å²) in [7, 11) is 0. The van der Waals surface area contributed by atoms with Gasteiger partial charge in [0.25, 0.3) is 5.91 Å². The van der Waals surface area contributed by atoms with E-state index in [-0.39, 0.29) is 42.0 Å². The van der Waals surface area contributed by atoms with E-state index in [1.54, 1.807) is 12.1 Å². The molecule has 1 spiro atoms. The standard InChI is InChI=1S/C25H26FN3O3/c1-12(2)20-18-19(23(31)29(22(18)30)11-15-6-8-16(26)9-7-15)25(28-20)17-10-5-13(3)14(4)21(17)27-24(25)32/h5-10,12,18-20,28H,11H2,1-4H3,(H,27,32)/p+1/t18-,19-,20-,25-/m0/s1. The number of hydrogen-bond donors (Lipinski definition) is 2. The molecule has 0 radical (unpaired) electrons. The highest BCUT2D eigenvalue weighted by Crippen LogP contribution is 2.51. The molecule has 3 N–H and O–H groups in total. The van der Waals surface area contributed by atoms with Crippen LogP contribution in [0.25, 0.3) is 0 Å². The van der Waals surface area contributed by atoms with E-state index in [1.807, 2.05) is 45.1 Å². The first-order valence-corrected chi connectivity index (χ1v) is 11.0. The molecule has 3 aliphatic rings. The first kappa shape index (κ1) is 20.8. The maximum absolute atomic E-state index is 13.7. The van der Waals surface area contributed by atoms with Crippen LogP contribution in [0.3, 0.4) is 0 Å². The third-order valence-corrected chi connectivity index (χ3v) is 7.62. The Balaban J connectivity index is 1.62. The number of halogens is 1. The van der Waals surface area contributed by atoms with Gasteiger partial charge in [-0.05, 0) is 48.7 Å². The van der Waals surface area contributed by atoms with Gasteiger partial charge in [0, 0.05) is 11.5 Å². The fourth-order valence-corrected chi connectivity index (χ4v) is 5.80. The molecule has 2 aromatic rings.